The molecule has 1 fully saturated rings. The molecule has 0 aromatic heterocycles. The molecule has 8 rings (SSSR count). The van der Waals surface area contributed by atoms with Crippen molar-refractivity contribution in [1.29, 1.82) is 0 Å². The number of aliphatic hydroxyl groups is 2. The van der Waals surface area contributed by atoms with Gasteiger partial charge in [0, 0.05) is 44.1 Å². The smallest absolute Gasteiger partial charge is 0.239 e. The summed E-state index contributed by atoms with van der Waals surface area (Å²) >= 11 is 0. The lowest BCUT2D eigenvalue weighted by atomic mass is 9.55. The van der Waals surface area contributed by atoms with E-state index in [2.05, 4.69) is 49.9 Å². The van der Waals surface area contributed by atoms with Crippen LogP contribution in [0.2, 0.25) is 0 Å². The van der Waals surface area contributed by atoms with E-state index in [4.69, 9.17) is 33.7 Å². The predicted molar refractivity (Wildman–Crippen MR) is 276 cm³/mol. The third-order valence-corrected chi connectivity index (χ3v) is 14.9. The van der Waals surface area contributed by atoms with Crippen LogP contribution in [0.1, 0.15) is 140 Å². The molecule has 6 atom stereocenters. The van der Waals surface area contributed by atoms with E-state index in [-0.39, 0.29) is 56.8 Å². The van der Waals surface area contributed by atoms with Crippen LogP contribution in [-0.4, -0.2) is 71.8 Å². The zero-order valence-electron chi connectivity index (χ0n) is 41.7. The van der Waals surface area contributed by atoms with Crippen molar-refractivity contribution >= 4 is 22.4 Å². The molecule has 376 valence electrons. The van der Waals surface area contributed by atoms with E-state index in [0.717, 1.165) is 83.9 Å². The Bertz CT molecular complexity index is 2420. The molecule has 11 heteroatoms. The molecule has 4 aromatic rings. The van der Waals surface area contributed by atoms with Crippen molar-refractivity contribution in [2.45, 2.75) is 147 Å². The Hall–Kier alpha value is -5.36. The minimum absolute atomic E-state index is 0.0256. The Kier molecular flexibility index (Phi) is 18.3. The molecule has 0 radical (unpaired) electrons. The number of hydrogen-bond donors (Lipinski definition) is 2. The predicted octanol–water partition coefficient (Wildman–Crippen LogP) is 13.0. The third kappa shape index (κ3) is 11.9. The number of carbonyl (C=O) groups excluding carboxylic acids is 1. The van der Waals surface area contributed by atoms with Crippen LogP contribution in [0, 0.1) is 17.8 Å². The lowest BCUT2D eigenvalue weighted by Gasteiger charge is -2.60. The van der Waals surface area contributed by atoms with E-state index in [9.17, 15) is 10.2 Å². The Morgan fingerprint density at radius 2 is 1.51 bits per heavy atom. The van der Waals surface area contributed by atoms with Gasteiger partial charge in [0.05, 0.1) is 18.2 Å². The zero-order valence-corrected chi connectivity index (χ0v) is 41.7. The van der Waals surface area contributed by atoms with E-state index in [1.54, 1.807) is 6.08 Å². The van der Waals surface area contributed by atoms with Crippen molar-refractivity contribution in [3.8, 4) is 28.7 Å². The van der Waals surface area contributed by atoms with Gasteiger partial charge in [0.15, 0.2) is 11.5 Å². The van der Waals surface area contributed by atoms with Gasteiger partial charge in [0.1, 0.15) is 29.9 Å². The first-order valence-electron chi connectivity index (χ1n) is 26.5. The molecular weight excluding hydrogens is 881 g/mol. The van der Waals surface area contributed by atoms with Crippen LogP contribution >= 0.6 is 0 Å². The summed E-state index contributed by atoms with van der Waals surface area (Å²) in [6, 6.07) is 25.8. The molecule has 11 nitrogen and oxygen atoms in total. The topological polar surface area (TPSA) is 129 Å². The number of aliphatic hydroxyl groups excluding tert-OH is 2. The fourth-order valence-corrected chi connectivity index (χ4v) is 11.6. The summed E-state index contributed by atoms with van der Waals surface area (Å²) in [5.74, 6) is 1.68. The molecule has 2 N–H and O–H groups in total. The van der Waals surface area contributed by atoms with E-state index in [1.165, 1.54) is 38.5 Å². The van der Waals surface area contributed by atoms with E-state index >= 15 is 4.79 Å². The van der Waals surface area contributed by atoms with Gasteiger partial charge < -0.3 is 43.6 Å². The van der Waals surface area contributed by atoms with Gasteiger partial charge in [0.2, 0.25) is 18.5 Å². The number of rotatable bonds is 28. The monoisotopic (exact) mass is 957 g/mol. The molecule has 2 aliphatic carbocycles. The van der Waals surface area contributed by atoms with Crippen LogP contribution in [0.5, 0.6) is 28.7 Å². The van der Waals surface area contributed by atoms with Gasteiger partial charge in [0.25, 0.3) is 0 Å². The molecule has 70 heavy (non-hydrogen) atoms. The normalized spacial score (nSPS) is 22.5. The average Bonchev–Trinajstić information content (AvgIpc) is 3.85. The van der Waals surface area contributed by atoms with Gasteiger partial charge in [-0.3, -0.25) is 4.79 Å². The molecule has 1 saturated carbocycles. The number of allylic oxidation sites excluding steroid dienone is 1. The number of oxime groups is 1. The third-order valence-electron chi connectivity index (χ3n) is 14.9. The minimum Gasteiger partial charge on any atom is -0.459 e. The quantitative estimate of drug-likeness (QED) is 0.0325. The maximum absolute atomic E-state index is 15.3. The summed E-state index contributed by atoms with van der Waals surface area (Å²) in [5, 5.41) is 27.3. The lowest BCUT2D eigenvalue weighted by molar-refractivity contribution is -0.258. The second-order valence-corrected chi connectivity index (χ2v) is 19.6. The number of hydrogen-bond acceptors (Lipinski definition) is 10. The largest absolute Gasteiger partial charge is 0.459 e. The molecule has 0 spiro atoms. The number of amides is 1. The van der Waals surface area contributed by atoms with Crippen molar-refractivity contribution in [2.24, 2.45) is 22.9 Å². The highest BCUT2D eigenvalue weighted by Gasteiger charge is 2.65. The summed E-state index contributed by atoms with van der Waals surface area (Å²) in [6.07, 6.45) is 20.0. The van der Waals surface area contributed by atoms with Crippen LogP contribution in [0.4, 0.5) is 0 Å². The van der Waals surface area contributed by atoms with Gasteiger partial charge >= 0.3 is 0 Å². The van der Waals surface area contributed by atoms with Gasteiger partial charge in [-0.05, 0) is 115 Å². The van der Waals surface area contributed by atoms with E-state index in [0.29, 0.717) is 55.3 Å². The maximum atomic E-state index is 15.3. The zero-order chi connectivity index (χ0) is 48.7. The van der Waals surface area contributed by atoms with E-state index < -0.39 is 17.7 Å². The van der Waals surface area contributed by atoms with Crippen LogP contribution in [0.15, 0.2) is 108 Å². The number of fused-ring (bicyclic) bond motifs is 4. The van der Waals surface area contributed by atoms with Gasteiger partial charge in [-0.1, -0.05) is 125 Å². The van der Waals surface area contributed by atoms with E-state index in [1.807, 2.05) is 60.4 Å². The molecule has 4 aliphatic rings. The van der Waals surface area contributed by atoms with Gasteiger partial charge in [-0.15, -0.1) is 6.58 Å². The standard InChI is InChI=1S/C59H76N2O9/c1-4-7-8-9-10-11-12-13-14-25-56(64)61(40-42-26-30-53-54(35-42)66-41-65-53)55-39-51(60-68-6-3)49-37-45(23-17-19-32-62)48(24-18-20-33-63)57-50-38-47(69-46-28-27-43-21-15-16-22-44(43)36-46)29-31-52(50)70-59(55,58(49)57)67-34-5-2/h5,15-16,21-22,26-31,35-38,45,48,55,57-58,62-63H,2,4,6-14,17-20,23-25,32-34,39-41H2,1,3H3/t45-,48+,55-,57+,58+,59+/m0/s1. The molecule has 0 saturated heterocycles. The number of carbonyl (C=O) groups is 1. The van der Waals surface area contributed by atoms with Crippen LogP contribution in [0.25, 0.3) is 10.8 Å². The molecule has 2 heterocycles. The number of benzene rings is 4. The van der Waals surface area contributed by atoms with Crippen LogP contribution < -0.4 is 18.9 Å². The number of unbranched alkanes of at least 4 members (excludes halogenated alkanes) is 10. The first kappa shape index (κ1) is 51.0. The maximum Gasteiger partial charge on any atom is 0.239 e. The summed E-state index contributed by atoms with van der Waals surface area (Å²) in [5.41, 5.74) is 3.70. The Balaban J connectivity index is 1.25. The molecular formula is C59H76N2O9. The van der Waals surface area contributed by atoms with Crippen molar-refractivity contribution in [3.63, 3.8) is 0 Å². The second-order valence-electron chi connectivity index (χ2n) is 19.6. The fourth-order valence-electron chi connectivity index (χ4n) is 11.6. The van der Waals surface area contributed by atoms with Gasteiger partial charge in [-0.25, -0.2) is 0 Å². The molecule has 0 unspecified atom stereocenters. The average molecular weight is 957 g/mol. The molecule has 0 bridgehead atoms. The van der Waals surface area contributed by atoms with Crippen molar-refractivity contribution in [3.05, 3.63) is 114 Å². The highest BCUT2D eigenvalue weighted by Crippen LogP contribution is 2.62. The highest BCUT2D eigenvalue weighted by atomic mass is 16.7. The van der Waals surface area contributed by atoms with Gasteiger partial charge in [-0.2, -0.15) is 0 Å². The first-order valence-corrected chi connectivity index (χ1v) is 26.5. The van der Waals surface area contributed by atoms with Crippen LogP contribution in [-0.2, 0) is 20.9 Å². The Morgan fingerprint density at radius 3 is 2.29 bits per heavy atom. The Morgan fingerprint density at radius 1 is 0.800 bits per heavy atom. The number of nitrogens with zero attached hydrogens (tertiary/aromatic N) is 2. The molecule has 4 aromatic carbocycles. The first-order chi connectivity index (χ1) is 34.4. The Labute approximate surface area is 415 Å². The minimum atomic E-state index is -1.38. The fraction of sp³-hybridized carbons (Fsp3) is 0.525. The SMILES string of the molecule is C=CCO[C@@]12Oc3ccc(Oc4ccc5ccccc5c4)cc3[C@H]3[C@H](CCCCO)[C@@H](CCCCO)C=C(C(=NOCC)C[C@@H]1N(Cc1ccc4c(c1)OCO4)C(=O)CCCCCCCCCCC)[C@H]32. The summed E-state index contributed by atoms with van der Waals surface area (Å²) in [4.78, 5) is 23.3. The molecule has 1 amide bonds. The second kappa shape index (κ2) is 25.2. The van der Waals surface area contributed by atoms with Crippen molar-refractivity contribution in [1.82, 2.24) is 4.90 Å². The van der Waals surface area contributed by atoms with Crippen molar-refractivity contribution < 1.29 is 43.5 Å². The summed E-state index contributed by atoms with van der Waals surface area (Å²) in [7, 11) is 0. The summed E-state index contributed by atoms with van der Waals surface area (Å²) < 4.78 is 33.1. The van der Waals surface area contributed by atoms with Crippen LogP contribution in [0.3, 0.4) is 0 Å². The number of ether oxygens (including phenoxy) is 5. The van der Waals surface area contributed by atoms with Crippen molar-refractivity contribution in [2.75, 3.05) is 33.2 Å². The highest BCUT2D eigenvalue weighted by molar-refractivity contribution is 6.03. The molecule has 2 aliphatic heterocycles. The lowest BCUT2D eigenvalue weighted by Crippen LogP contribution is -2.70. The summed E-state index contributed by atoms with van der Waals surface area (Å²) in [6.45, 7) is 9.54.